The van der Waals surface area contributed by atoms with Gasteiger partial charge in [0.05, 0.1) is 17.4 Å². The largest absolute Gasteiger partial charge is 0.481 e. The molecule has 6 heteroatoms. The summed E-state index contributed by atoms with van der Waals surface area (Å²) in [6, 6.07) is 15.6. The lowest BCUT2D eigenvalue weighted by atomic mass is 10.2. The van der Waals surface area contributed by atoms with E-state index in [4.69, 9.17) is 9.26 Å². The van der Waals surface area contributed by atoms with E-state index >= 15 is 0 Å². The maximum atomic E-state index is 5.83. The van der Waals surface area contributed by atoms with Gasteiger partial charge in [-0.25, -0.2) is 4.98 Å². The highest BCUT2D eigenvalue weighted by Gasteiger charge is 2.17. The minimum absolute atomic E-state index is 0.327. The number of para-hydroxylation sites is 1. The van der Waals surface area contributed by atoms with E-state index in [1.807, 2.05) is 61.8 Å². The topological polar surface area (TPSA) is 66.0 Å². The summed E-state index contributed by atoms with van der Waals surface area (Å²) in [7, 11) is 0. The normalized spacial score (nSPS) is 12.4. The van der Waals surface area contributed by atoms with Crippen LogP contribution >= 0.6 is 0 Å². The summed E-state index contributed by atoms with van der Waals surface area (Å²) in [6.07, 6.45) is 1.51. The second-order valence-electron chi connectivity index (χ2n) is 5.76. The van der Waals surface area contributed by atoms with Crippen LogP contribution in [0.5, 0.6) is 5.75 Å². The average Bonchev–Trinajstić information content (AvgIpc) is 3.29. The first-order chi connectivity index (χ1) is 12.2. The molecular formula is C19H18N4O2. The number of benzene rings is 2. The first-order valence-corrected chi connectivity index (χ1v) is 8.25. The maximum Gasteiger partial charge on any atom is 0.267 e. The van der Waals surface area contributed by atoms with Crippen molar-refractivity contribution in [2.24, 2.45) is 0 Å². The van der Waals surface area contributed by atoms with Gasteiger partial charge in [-0.1, -0.05) is 23.4 Å². The minimum atomic E-state index is -0.327. The van der Waals surface area contributed by atoms with E-state index in [0.29, 0.717) is 11.7 Å². The molecule has 0 spiro atoms. The molecule has 0 fully saturated rings. The molecule has 126 valence electrons. The zero-order valence-corrected chi connectivity index (χ0v) is 14.1. The fourth-order valence-corrected chi connectivity index (χ4v) is 2.73. The van der Waals surface area contributed by atoms with Crippen molar-refractivity contribution in [2.75, 3.05) is 0 Å². The highest BCUT2D eigenvalue weighted by atomic mass is 16.5. The molecule has 2 aromatic heterocycles. The van der Waals surface area contributed by atoms with Gasteiger partial charge in [-0.05, 0) is 44.2 Å². The number of fused-ring (bicyclic) bond motifs is 1. The number of aryl methyl sites for hydroxylation is 1. The zero-order chi connectivity index (χ0) is 17.2. The smallest absolute Gasteiger partial charge is 0.267 e. The van der Waals surface area contributed by atoms with Crippen molar-refractivity contribution in [3.63, 3.8) is 0 Å². The lowest BCUT2D eigenvalue weighted by Crippen LogP contribution is -2.03. The lowest BCUT2D eigenvalue weighted by Gasteiger charge is -2.09. The average molecular weight is 334 g/mol. The van der Waals surface area contributed by atoms with Gasteiger partial charge in [0.25, 0.3) is 5.89 Å². The van der Waals surface area contributed by atoms with Crippen LogP contribution in [0, 0.1) is 0 Å². The molecule has 0 radical (unpaired) electrons. The summed E-state index contributed by atoms with van der Waals surface area (Å²) < 4.78 is 13.3. The summed E-state index contributed by atoms with van der Waals surface area (Å²) in [5, 5.41) is 4.08. The highest BCUT2D eigenvalue weighted by Crippen LogP contribution is 2.25. The van der Waals surface area contributed by atoms with Gasteiger partial charge in [-0.3, -0.25) is 0 Å². The molecule has 2 heterocycles. The molecule has 0 amide bonds. The maximum absolute atomic E-state index is 5.83. The standard InChI is InChI=1S/C19H18N4O2/c1-3-23-12-20-16-11-14(9-10-17(16)23)18-21-19(25-22-18)13(2)24-15-7-5-4-6-8-15/h4-13H,3H2,1-2H3/t13-/m1/s1. The van der Waals surface area contributed by atoms with Crippen LogP contribution in [0.3, 0.4) is 0 Å². The van der Waals surface area contributed by atoms with Crippen LogP contribution in [-0.4, -0.2) is 19.7 Å². The van der Waals surface area contributed by atoms with Crippen molar-refractivity contribution in [1.29, 1.82) is 0 Å². The SMILES string of the molecule is CCn1cnc2cc(-c3noc([C@@H](C)Oc4ccccc4)n3)ccc21. The van der Waals surface area contributed by atoms with Crippen molar-refractivity contribution >= 4 is 11.0 Å². The Hall–Kier alpha value is -3.15. The Bertz CT molecular complexity index is 991. The van der Waals surface area contributed by atoms with E-state index in [1.54, 1.807) is 0 Å². The van der Waals surface area contributed by atoms with Crippen molar-refractivity contribution < 1.29 is 9.26 Å². The van der Waals surface area contributed by atoms with E-state index in [9.17, 15) is 0 Å². The summed E-state index contributed by atoms with van der Waals surface area (Å²) in [6.45, 7) is 4.86. The molecule has 0 aliphatic carbocycles. The highest BCUT2D eigenvalue weighted by molar-refractivity contribution is 5.80. The monoisotopic (exact) mass is 334 g/mol. The van der Waals surface area contributed by atoms with Crippen LogP contribution in [0.1, 0.15) is 25.8 Å². The second kappa shape index (κ2) is 6.39. The van der Waals surface area contributed by atoms with Crippen LogP contribution < -0.4 is 4.74 Å². The molecule has 4 rings (SSSR count). The predicted octanol–water partition coefficient (Wildman–Crippen LogP) is 4.25. The Morgan fingerprint density at radius 2 is 2.00 bits per heavy atom. The Kier molecular flexibility index (Phi) is 3.93. The summed E-state index contributed by atoms with van der Waals surface area (Å²) in [5.41, 5.74) is 2.88. The molecular weight excluding hydrogens is 316 g/mol. The summed E-state index contributed by atoms with van der Waals surface area (Å²) in [4.78, 5) is 8.90. The van der Waals surface area contributed by atoms with Crippen molar-refractivity contribution in [3.8, 4) is 17.1 Å². The lowest BCUT2D eigenvalue weighted by molar-refractivity contribution is 0.176. The Labute approximate surface area is 145 Å². The number of hydrogen-bond acceptors (Lipinski definition) is 5. The minimum Gasteiger partial charge on any atom is -0.481 e. The van der Waals surface area contributed by atoms with Gasteiger partial charge < -0.3 is 13.8 Å². The van der Waals surface area contributed by atoms with Crippen molar-refractivity contribution in [3.05, 3.63) is 60.7 Å². The second-order valence-corrected chi connectivity index (χ2v) is 5.76. The molecule has 0 aliphatic rings. The van der Waals surface area contributed by atoms with Gasteiger partial charge in [0.2, 0.25) is 5.82 Å². The third-order valence-corrected chi connectivity index (χ3v) is 4.07. The summed E-state index contributed by atoms with van der Waals surface area (Å²) in [5.74, 6) is 1.74. The van der Waals surface area contributed by atoms with Crippen molar-refractivity contribution in [2.45, 2.75) is 26.5 Å². The number of ether oxygens (including phenoxy) is 1. The van der Waals surface area contributed by atoms with Crippen LogP contribution in [-0.2, 0) is 6.54 Å². The molecule has 6 nitrogen and oxygen atoms in total. The predicted molar refractivity (Wildman–Crippen MR) is 94.2 cm³/mol. The Balaban J connectivity index is 1.58. The molecule has 1 atom stereocenters. The van der Waals surface area contributed by atoms with Crippen LogP contribution in [0.15, 0.2) is 59.4 Å². The van der Waals surface area contributed by atoms with Gasteiger partial charge in [0, 0.05) is 12.1 Å². The zero-order valence-electron chi connectivity index (χ0n) is 14.1. The van der Waals surface area contributed by atoms with Crippen molar-refractivity contribution in [1.82, 2.24) is 19.7 Å². The third-order valence-electron chi connectivity index (χ3n) is 4.07. The molecule has 4 aromatic rings. The molecule has 0 N–H and O–H groups in total. The van der Waals surface area contributed by atoms with Gasteiger partial charge in [-0.2, -0.15) is 4.98 Å². The molecule has 2 aromatic carbocycles. The van der Waals surface area contributed by atoms with Crippen LogP contribution in [0.25, 0.3) is 22.4 Å². The fraction of sp³-hybridized carbons (Fsp3) is 0.211. The molecule has 0 saturated carbocycles. The van der Waals surface area contributed by atoms with Gasteiger partial charge in [-0.15, -0.1) is 0 Å². The van der Waals surface area contributed by atoms with E-state index in [-0.39, 0.29) is 6.10 Å². The summed E-state index contributed by atoms with van der Waals surface area (Å²) >= 11 is 0. The van der Waals surface area contributed by atoms with Crippen LogP contribution in [0.2, 0.25) is 0 Å². The number of hydrogen-bond donors (Lipinski definition) is 0. The van der Waals surface area contributed by atoms with Crippen LogP contribution in [0.4, 0.5) is 0 Å². The fourth-order valence-electron chi connectivity index (χ4n) is 2.73. The molecule has 0 saturated heterocycles. The number of rotatable bonds is 5. The molecule has 25 heavy (non-hydrogen) atoms. The van der Waals surface area contributed by atoms with Gasteiger partial charge >= 0.3 is 0 Å². The molecule has 0 aliphatic heterocycles. The van der Waals surface area contributed by atoms with E-state index in [0.717, 1.165) is 28.9 Å². The number of nitrogens with zero attached hydrogens (tertiary/aromatic N) is 4. The first-order valence-electron chi connectivity index (χ1n) is 8.25. The molecule has 0 bridgehead atoms. The Morgan fingerprint density at radius 3 is 2.80 bits per heavy atom. The van der Waals surface area contributed by atoms with E-state index in [2.05, 4.69) is 26.6 Å². The third kappa shape index (κ3) is 2.98. The number of imidazole rings is 1. The van der Waals surface area contributed by atoms with E-state index < -0.39 is 0 Å². The quantitative estimate of drug-likeness (QED) is 0.546. The molecule has 0 unspecified atom stereocenters. The Morgan fingerprint density at radius 1 is 1.16 bits per heavy atom. The van der Waals surface area contributed by atoms with Gasteiger partial charge in [0.1, 0.15) is 5.75 Å². The van der Waals surface area contributed by atoms with Gasteiger partial charge in [0.15, 0.2) is 6.10 Å². The first kappa shape index (κ1) is 15.4. The number of aromatic nitrogens is 4. The van der Waals surface area contributed by atoms with E-state index in [1.165, 1.54) is 0 Å².